The first kappa shape index (κ1) is 20.5. The minimum atomic E-state index is 0.243. The summed E-state index contributed by atoms with van der Waals surface area (Å²) in [5, 5.41) is 0. The van der Waals surface area contributed by atoms with Crippen LogP contribution in [0.3, 0.4) is 0 Å². The third-order valence-corrected chi connectivity index (χ3v) is 6.38. The first-order chi connectivity index (χ1) is 14.7. The number of methoxy groups -OCH3 is 2. The van der Waals surface area contributed by atoms with E-state index >= 15 is 0 Å². The second-order valence-electron chi connectivity index (χ2n) is 8.07. The normalized spacial score (nSPS) is 21.3. The second-order valence-corrected chi connectivity index (χ2v) is 8.07. The Morgan fingerprint density at radius 2 is 1.97 bits per heavy atom. The summed E-state index contributed by atoms with van der Waals surface area (Å²) in [7, 11) is 3.36. The van der Waals surface area contributed by atoms with E-state index in [0.717, 1.165) is 43.9 Å². The number of nitrogens with one attached hydrogen (secondary N) is 1. The van der Waals surface area contributed by atoms with Crippen LogP contribution in [0.4, 0.5) is 0 Å². The molecule has 1 unspecified atom stereocenters. The standard InChI is InChI=1S/C25H30N2O3/c1-29-21-10-11-22(24(17-21)30-2)23-9-6-14-27(23)18-25(28)26-15-12-20(13-16-26)19-7-4-3-5-8-19/h3-5,7-8,10-12,17,23H,6,9,13-16,18H2,1-2H3/p+1/t23-/m0/s1. The maximum Gasteiger partial charge on any atom is 0.278 e. The molecular formula is C25H31N2O3+. The van der Waals surface area contributed by atoms with E-state index in [1.165, 1.54) is 21.6 Å². The molecule has 0 aliphatic carbocycles. The summed E-state index contributed by atoms with van der Waals surface area (Å²) in [6.45, 7) is 3.05. The number of quaternary nitrogens is 1. The predicted molar refractivity (Wildman–Crippen MR) is 118 cm³/mol. The smallest absolute Gasteiger partial charge is 0.278 e. The summed E-state index contributed by atoms with van der Waals surface area (Å²) in [6.07, 6.45) is 5.32. The fourth-order valence-corrected chi connectivity index (χ4v) is 4.72. The maximum absolute atomic E-state index is 13.1. The minimum Gasteiger partial charge on any atom is -0.497 e. The van der Waals surface area contributed by atoms with E-state index in [-0.39, 0.29) is 11.9 Å². The summed E-state index contributed by atoms with van der Waals surface area (Å²) in [5.74, 6) is 1.88. The lowest BCUT2D eigenvalue weighted by Crippen LogP contribution is -3.11. The lowest BCUT2D eigenvalue weighted by molar-refractivity contribution is -0.910. The summed E-state index contributed by atoms with van der Waals surface area (Å²) in [4.78, 5) is 16.4. The molecule has 2 heterocycles. The van der Waals surface area contributed by atoms with Gasteiger partial charge in [0.15, 0.2) is 6.54 Å². The van der Waals surface area contributed by atoms with Gasteiger partial charge in [0.2, 0.25) is 0 Å². The molecule has 2 atom stereocenters. The van der Waals surface area contributed by atoms with Crippen molar-refractivity contribution >= 4 is 11.5 Å². The van der Waals surface area contributed by atoms with Crippen molar-refractivity contribution in [1.82, 2.24) is 4.90 Å². The van der Waals surface area contributed by atoms with Crippen molar-refractivity contribution in [2.24, 2.45) is 0 Å². The van der Waals surface area contributed by atoms with Crippen LogP contribution in [0.15, 0.2) is 54.6 Å². The highest BCUT2D eigenvalue weighted by molar-refractivity contribution is 5.79. The quantitative estimate of drug-likeness (QED) is 0.801. The van der Waals surface area contributed by atoms with Gasteiger partial charge >= 0.3 is 0 Å². The fourth-order valence-electron chi connectivity index (χ4n) is 4.72. The Balaban J connectivity index is 1.42. The van der Waals surface area contributed by atoms with Gasteiger partial charge in [-0.05, 0) is 29.7 Å². The van der Waals surface area contributed by atoms with Crippen molar-refractivity contribution in [2.75, 3.05) is 40.4 Å². The molecule has 30 heavy (non-hydrogen) atoms. The Morgan fingerprint density at radius 1 is 1.13 bits per heavy atom. The maximum atomic E-state index is 13.1. The molecule has 0 saturated carbocycles. The Hall–Kier alpha value is -2.79. The van der Waals surface area contributed by atoms with Gasteiger partial charge in [0, 0.05) is 32.0 Å². The summed E-state index contributed by atoms with van der Waals surface area (Å²) in [6, 6.07) is 16.8. The van der Waals surface area contributed by atoms with Gasteiger partial charge in [-0.25, -0.2) is 0 Å². The van der Waals surface area contributed by atoms with E-state index in [9.17, 15) is 4.79 Å². The molecule has 1 amide bonds. The van der Waals surface area contributed by atoms with Crippen molar-refractivity contribution < 1.29 is 19.2 Å². The SMILES string of the molecule is COc1ccc([C@@H]2CCC[NH+]2CC(=O)N2CC=C(c3ccccc3)CC2)c(OC)c1. The number of carbonyl (C=O) groups is 1. The van der Waals surface area contributed by atoms with Gasteiger partial charge in [-0.1, -0.05) is 36.4 Å². The highest BCUT2D eigenvalue weighted by Crippen LogP contribution is 2.31. The van der Waals surface area contributed by atoms with Crippen molar-refractivity contribution in [3.63, 3.8) is 0 Å². The van der Waals surface area contributed by atoms with Gasteiger partial charge in [0.25, 0.3) is 5.91 Å². The number of hydrogen-bond donors (Lipinski definition) is 1. The number of hydrogen-bond acceptors (Lipinski definition) is 3. The zero-order chi connectivity index (χ0) is 20.9. The van der Waals surface area contributed by atoms with Crippen LogP contribution < -0.4 is 14.4 Å². The lowest BCUT2D eigenvalue weighted by atomic mass is 9.99. The molecule has 2 aromatic carbocycles. The average Bonchev–Trinajstić information content (AvgIpc) is 3.27. The Labute approximate surface area is 178 Å². The average molecular weight is 408 g/mol. The molecule has 0 spiro atoms. The van der Waals surface area contributed by atoms with E-state index in [1.54, 1.807) is 14.2 Å². The third kappa shape index (κ3) is 4.36. The van der Waals surface area contributed by atoms with E-state index in [4.69, 9.17) is 9.47 Å². The molecule has 2 aliphatic heterocycles. The molecule has 2 aliphatic rings. The first-order valence-electron chi connectivity index (χ1n) is 10.8. The van der Waals surface area contributed by atoms with Crippen molar-refractivity contribution in [2.45, 2.75) is 25.3 Å². The molecule has 0 aromatic heterocycles. The molecule has 2 aromatic rings. The minimum absolute atomic E-state index is 0.243. The molecule has 0 bridgehead atoms. The number of benzene rings is 2. The van der Waals surface area contributed by atoms with Crippen LogP contribution in [0, 0.1) is 0 Å². The van der Waals surface area contributed by atoms with Crippen molar-refractivity contribution in [3.8, 4) is 11.5 Å². The molecule has 1 N–H and O–H groups in total. The van der Waals surface area contributed by atoms with Gasteiger partial charge < -0.3 is 19.3 Å². The van der Waals surface area contributed by atoms with Gasteiger partial charge in [-0.2, -0.15) is 0 Å². The second kappa shape index (κ2) is 9.35. The molecule has 1 saturated heterocycles. The Bertz CT molecular complexity index is 910. The van der Waals surface area contributed by atoms with Crippen molar-refractivity contribution in [1.29, 1.82) is 0 Å². The van der Waals surface area contributed by atoms with Crippen LogP contribution in [-0.4, -0.2) is 51.2 Å². The molecule has 5 heteroatoms. The van der Waals surface area contributed by atoms with Gasteiger partial charge in [0.1, 0.15) is 17.5 Å². The molecule has 158 valence electrons. The van der Waals surface area contributed by atoms with Crippen molar-refractivity contribution in [3.05, 3.63) is 65.7 Å². The number of nitrogens with zero attached hydrogens (tertiary/aromatic N) is 1. The summed E-state index contributed by atoms with van der Waals surface area (Å²) in [5.41, 5.74) is 3.78. The van der Waals surface area contributed by atoms with Crippen LogP contribution in [-0.2, 0) is 4.79 Å². The number of likely N-dealkylation sites (tertiary alicyclic amines) is 1. The highest BCUT2D eigenvalue weighted by atomic mass is 16.5. The Morgan fingerprint density at radius 3 is 2.67 bits per heavy atom. The monoisotopic (exact) mass is 407 g/mol. The van der Waals surface area contributed by atoms with E-state index in [2.05, 4.69) is 36.4 Å². The van der Waals surface area contributed by atoms with Gasteiger partial charge in [-0.15, -0.1) is 0 Å². The topological polar surface area (TPSA) is 43.2 Å². The fraction of sp³-hybridized carbons (Fsp3) is 0.400. The molecule has 5 nitrogen and oxygen atoms in total. The number of rotatable bonds is 6. The first-order valence-corrected chi connectivity index (χ1v) is 10.8. The zero-order valence-electron chi connectivity index (χ0n) is 17.9. The largest absolute Gasteiger partial charge is 0.497 e. The van der Waals surface area contributed by atoms with E-state index in [1.807, 2.05) is 23.1 Å². The van der Waals surface area contributed by atoms with Crippen LogP contribution in [0.25, 0.3) is 5.57 Å². The molecule has 1 fully saturated rings. The van der Waals surface area contributed by atoms with Crippen LogP contribution in [0.2, 0.25) is 0 Å². The zero-order valence-corrected chi connectivity index (χ0v) is 17.9. The molecule has 0 radical (unpaired) electrons. The Kier molecular flexibility index (Phi) is 6.38. The third-order valence-electron chi connectivity index (χ3n) is 6.38. The van der Waals surface area contributed by atoms with Crippen LogP contribution >= 0.6 is 0 Å². The summed E-state index contributed by atoms with van der Waals surface area (Å²) >= 11 is 0. The van der Waals surface area contributed by atoms with Crippen LogP contribution in [0.1, 0.15) is 36.4 Å². The highest BCUT2D eigenvalue weighted by Gasteiger charge is 2.35. The number of amides is 1. The number of carbonyl (C=O) groups excluding carboxylic acids is 1. The van der Waals surface area contributed by atoms with Gasteiger partial charge in [0.05, 0.1) is 26.3 Å². The summed E-state index contributed by atoms with van der Waals surface area (Å²) < 4.78 is 11.0. The van der Waals surface area contributed by atoms with Gasteiger partial charge in [-0.3, -0.25) is 4.79 Å². The molecular weight excluding hydrogens is 376 g/mol. The lowest BCUT2D eigenvalue weighted by Gasteiger charge is -2.29. The molecule has 4 rings (SSSR count). The van der Waals surface area contributed by atoms with E-state index in [0.29, 0.717) is 13.1 Å². The number of ether oxygens (including phenoxy) is 2. The van der Waals surface area contributed by atoms with E-state index < -0.39 is 0 Å². The van der Waals surface area contributed by atoms with Crippen LogP contribution in [0.5, 0.6) is 11.5 Å². The predicted octanol–water partition coefficient (Wildman–Crippen LogP) is 2.74.